The molecule has 0 aromatic carbocycles. The van der Waals surface area contributed by atoms with Crippen LogP contribution < -0.4 is 29.6 Å². The van der Waals surface area contributed by atoms with Crippen molar-refractivity contribution in [3.05, 3.63) is 12.2 Å². The van der Waals surface area contributed by atoms with Crippen LogP contribution in [-0.2, 0) is 14.9 Å². The first-order valence-electron chi connectivity index (χ1n) is 9.12. The van der Waals surface area contributed by atoms with Crippen molar-refractivity contribution in [1.29, 1.82) is 0 Å². The van der Waals surface area contributed by atoms with Crippen molar-refractivity contribution in [2.24, 2.45) is 0 Å². The zero-order valence-corrected chi connectivity index (χ0v) is 18.4. The molecule has 0 aliphatic rings. The maximum absolute atomic E-state index is 10.9. The van der Waals surface area contributed by atoms with Crippen LogP contribution in [0, 0.1) is 0 Å². The van der Waals surface area contributed by atoms with E-state index in [-0.39, 0.29) is 36.0 Å². The van der Waals surface area contributed by atoms with E-state index < -0.39 is 15.2 Å². The molecule has 0 fully saturated rings. The van der Waals surface area contributed by atoms with Crippen molar-refractivity contribution in [2.75, 3.05) is 0 Å². The van der Waals surface area contributed by atoms with Crippen LogP contribution in [0.3, 0.4) is 0 Å². The van der Waals surface area contributed by atoms with E-state index in [1.54, 1.807) is 0 Å². The van der Waals surface area contributed by atoms with Crippen LogP contribution in [0.25, 0.3) is 0 Å². The molecule has 0 heterocycles. The van der Waals surface area contributed by atoms with Crippen molar-refractivity contribution in [3.63, 3.8) is 0 Å². The molecule has 0 saturated carbocycles. The van der Waals surface area contributed by atoms with Crippen molar-refractivity contribution >= 4 is 15.2 Å². The van der Waals surface area contributed by atoms with E-state index in [9.17, 15) is 17.8 Å². The molecular formula is C18H33NaO4S. The molecule has 0 amide bonds. The fourth-order valence-corrected chi connectivity index (χ4v) is 2.86. The maximum Gasteiger partial charge on any atom is 1.00 e. The average Bonchev–Trinajstić information content (AvgIpc) is 2.50. The molecular weight excluding hydrogens is 335 g/mol. The summed E-state index contributed by atoms with van der Waals surface area (Å²) in [5.41, 5.74) is 0. The Balaban J connectivity index is 0. The first kappa shape index (κ1) is 26.5. The molecule has 0 aliphatic heterocycles. The quantitative estimate of drug-likeness (QED) is 0.192. The molecule has 0 aromatic rings. The van der Waals surface area contributed by atoms with Crippen LogP contribution in [0.2, 0.25) is 0 Å². The van der Waals surface area contributed by atoms with Gasteiger partial charge in [-0.3, -0.25) is 4.79 Å². The number of unbranched alkanes of at least 4 members (excludes halogenated alkanes) is 11. The monoisotopic (exact) mass is 368 g/mol. The Kier molecular flexibility index (Phi) is 20.0. The number of allylic oxidation sites excluding steroid dienone is 2. The summed E-state index contributed by atoms with van der Waals surface area (Å²) in [4.78, 5) is 10.9. The molecule has 0 N–H and O–H groups in total. The Morgan fingerprint density at radius 1 is 0.792 bits per heavy atom. The zero-order valence-electron chi connectivity index (χ0n) is 15.6. The predicted octanol–water partition coefficient (Wildman–Crippen LogP) is 2.10. The molecule has 4 nitrogen and oxygen atoms in total. The molecule has 6 heteroatoms. The van der Waals surface area contributed by atoms with Crippen molar-refractivity contribution in [1.82, 2.24) is 0 Å². The maximum atomic E-state index is 10.9. The molecule has 136 valence electrons. The molecule has 0 bridgehead atoms. The van der Waals surface area contributed by atoms with E-state index in [0.29, 0.717) is 6.42 Å². The van der Waals surface area contributed by atoms with Gasteiger partial charge in [0.2, 0.25) is 5.12 Å². The average molecular weight is 369 g/mol. The molecule has 24 heavy (non-hydrogen) atoms. The topological polar surface area (TPSA) is 74.3 Å². The largest absolute Gasteiger partial charge is 1.00 e. The van der Waals surface area contributed by atoms with Crippen LogP contribution >= 0.6 is 0 Å². The van der Waals surface area contributed by atoms with Gasteiger partial charge in [0.25, 0.3) is 0 Å². The molecule has 0 aliphatic carbocycles. The Hall–Kier alpha value is 0.320. The van der Waals surface area contributed by atoms with Crippen LogP contribution in [0.4, 0.5) is 0 Å². The van der Waals surface area contributed by atoms with E-state index >= 15 is 0 Å². The van der Waals surface area contributed by atoms with Gasteiger partial charge in [-0.25, -0.2) is 8.42 Å². The van der Waals surface area contributed by atoms with Crippen molar-refractivity contribution < 1.29 is 47.3 Å². The van der Waals surface area contributed by atoms with Crippen LogP contribution in [0.5, 0.6) is 0 Å². The third kappa shape index (κ3) is 18.7. The Labute approximate surface area is 170 Å². The number of carbonyl (C=O) groups excluding carboxylic acids is 1. The Morgan fingerprint density at radius 2 is 1.21 bits per heavy atom. The van der Waals surface area contributed by atoms with Gasteiger partial charge in [0.05, 0.1) is 0 Å². The Bertz CT molecular complexity index is 419. The molecule has 0 radical (unpaired) electrons. The van der Waals surface area contributed by atoms with Crippen molar-refractivity contribution in [3.8, 4) is 0 Å². The first-order valence-corrected chi connectivity index (χ1v) is 10.5. The summed E-state index contributed by atoms with van der Waals surface area (Å²) < 4.78 is 31.2. The minimum atomic E-state index is -4.72. The number of hydrogen-bond donors (Lipinski definition) is 0. The minimum Gasteiger partial charge on any atom is -0.742 e. The Morgan fingerprint density at radius 3 is 1.67 bits per heavy atom. The summed E-state index contributed by atoms with van der Waals surface area (Å²) in [6, 6.07) is 0. The van der Waals surface area contributed by atoms with Gasteiger partial charge in [-0.1, -0.05) is 70.4 Å². The summed E-state index contributed by atoms with van der Waals surface area (Å²) in [6.45, 7) is 2.24. The van der Waals surface area contributed by atoms with Gasteiger partial charge in [-0.05, 0) is 32.1 Å². The molecule has 0 rings (SSSR count). The van der Waals surface area contributed by atoms with Gasteiger partial charge in [0.15, 0.2) is 10.1 Å². The van der Waals surface area contributed by atoms with E-state index in [1.165, 1.54) is 44.9 Å². The molecule has 0 saturated heterocycles. The third-order valence-corrected chi connectivity index (χ3v) is 4.68. The normalized spacial score (nSPS) is 11.6. The van der Waals surface area contributed by atoms with E-state index in [4.69, 9.17) is 0 Å². The second-order valence-corrected chi connectivity index (χ2v) is 7.52. The summed E-state index contributed by atoms with van der Waals surface area (Å²) >= 11 is 0. The second-order valence-electron chi connectivity index (χ2n) is 6.16. The molecule has 0 unspecified atom stereocenters. The minimum absolute atomic E-state index is 0. The van der Waals surface area contributed by atoms with Crippen LogP contribution in [0.1, 0.15) is 96.8 Å². The second kappa shape index (κ2) is 18.1. The molecule has 0 atom stereocenters. The molecule has 0 aromatic heterocycles. The summed E-state index contributed by atoms with van der Waals surface area (Å²) in [7, 11) is -4.72. The fourth-order valence-electron chi connectivity index (χ4n) is 2.47. The van der Waals surface area contributed by atoms with E-state index in [0.717, 1.165) is 32.1 Å². The van der Waals surface area contributed by atoms with E-state index in [2.05, 4.69) is 19.1 Å². The fraction of sp³-hybridized carbons (Fsp3) is 0.833. The zero-order chi connectivity index (χ0) is 17.4. The van der Waals surface area contributed by atoms with Crippen LogP contribution in [-0.4, -0.2) is 18.1 Å². The third-order valence-electron chi connectivity index (χ3n) is 3.92. The number of hydrogen-bond acceptors (Lipinski definition) is 4. The number of carbonyl (C=O) groups is 1. The summed E-state index contributed by atoms with van der Waals surface area (Å²) in [5.74, 6) is 0. The van der Waals surface area contributed by atoms with Gasteiger partial charge in [0.1, 0.15) is 0 Å². The van der Waals surface area contributed by atoms with Gasteiger partial charge >= 0.3 is 29.6 Å². The number of rotatable bonds is 15. The van der Waals surface area contributed by atoms with Gasteiger partial charge in [-0.15, -0.1) is 0 Å². The SMILES string of the molecule is CCCCCCCC/C=C\CCCCCCCC(=O)S(=O)(=O)[O-].[Na+]. The summed E-state index contributed by atoms with van der Waals surface area (Å²) in [5, 5.41) is -1.17. The smallest absolute Gasteiger partial charge is 0.742 e. The predicted molar refractivity (Wildman–Crippen MR) is 94.2 cm³/mol. The van der Waals surface area contributed by atoms with E-state index in [1.807, 2.05) is 0 Å². The first-order chi connectivity index (χ1) is 11.0. The van der Waals surface area contributed by atoms with Crippen LogP contribution in [0.15, 0.2) is 12.2 Å². The van der Waals surface area contributed by atoms with Gasteiger partial charge < -0.3 is 4.55 Å². The molecule has 0 spiro atoms. The van der Waals surface area contributed by atoms with Gasteiger partial charge in [-0.2, -0.15) is 0 Å². The van der Waals surface area contributed by atoms with Gasteiger partial charge in [0, 0.05) is 6.42 Å². The standard InChI is InChI=1S/C18H34O4S.Na/c1-2-3-4-5-6-7-8-9-10-11-12-13-14-15-16-17-18(19)23(20,21)22;/h9-10H,2-8,11-17H2,1H3,(H,20,21,22);/q;+1/p-1/b10-9-;. The summed E-state index contributed by atoms with van der Waals surface area (Å²) in [6.07, 6.45) is 19.2. The van der Waals surface area contributed by atoms with Crippen molar-refractivity contribution in [2.45, 2.75) is 96.8 Å².